The molecule has 0 radical (unpaired) electrons. The van der Waals surface area contributed by atoms with E-state index in [0.717, 1.165) is 24.4 Å². The fraction of sp³-hybridized carbons (Fsp3) is 0.684. The highest BCUT2D eigenvalue weighted by Crippen LogP contribution is 2.35. The minimum absolute atomic E-state index is 0.686. The van der Waals surface area contributed by atoms with Crippen LogP contribution in [-0.4, -0.2) is 30.1 Å². The highest BCUT2D eigenvalue weighted by Gasteiger charge is 2.38. The van der Waals surface area contributed by atoms with E-state index in [1.165, 1.54) is 43.5 Å². The predicted octanol–water partition coefficient (Wildman–Crippen LogP) is 3.59. The van der Waals surface area contributed by atoms with Gasteiger partial charge in [0.15, 0.2) is 0 Å². The van der Waals surface area contributed by atoms with Crippen molar-refractivity contribution >= 4 is 0 Å². The van der Waals surface area contributed by atoms with Gasteiger partial charge in [-0.2, -0.15) is 0 Å². The minimum atomic E-state index is 0.686. The van der Waals surface area contributed by atoms with Gasteiger partial charge in [-0.15, -0.1) is 0 Å². The molecule has 0 amide bonds. The lowest BCUT2D eigenvalue weighted by Gasteiger charge is -2.43. The van der Waals surface area contributed by atoms with Crippen LogP contribution in [0.2, 0.25) is 0 Å². The molecular formula is C19H30N2. The van der Waals surface area contributed by atoms with Gasteiger partial charge in [0.1, 0.15) is 0 Å². The minimum Gasteiger partial charge on any atom is -0.311 e. The zero-order valence-corrected chi connectivity index (χ0v) is 13.8. The summed E-state index contributed by atoms with van der Waals surface area (Å²) in [4.78, 5) is 2.75. The van der Waals surface area contributed by atoms with Crippen molar-refractivity contribution in [3.63, 3.8) is 0 Å². The molecule has 0 spiro atoms. The first-order chi connectivity index (χ1) is 10.2. The van der Waals surface area contributed by atoms with Crippen LogP contribution in [0.25, 0.3) is 0 Å². The van der Waals surface area contributed by atoms with Crippen LogP contribution in [0.4, 0.5) is 0 Å². The van der Waals surface area contributed by atoms with Crippen LogP contribution < -0.4 is 5.32 Å². The van der Waals surface area contributed by atoms with Gasteiger partial charge in [0.25, 0.3) is 0 Å². The molecule has 1 aliphatic heterocycles. The van der Waals surface area contributed by atoms with Gasteiger partial charge in [-0.1, -0.05) is 50.1 Å². The van der Waals surface area contributed by atoms with Gasteiger partial charge in [0.05, 0.1) is 0 Å². The van der Waals surface area contributed by atoms with Gasteiger partial charge in [-0.25, -0.2) is 0 Å². The fourth-order valence-corrected chi connectivity index (χ4v) is 3.61. The van der Waals surface area contributed by atoms with Crippen molar-refractivity contribution in [1.29, 1.82) is 0 Å². The highest BCUT2D eigenvalue weighted by atomic mass is 15.2. The largest absolute Gasteiger partial charge is 0.311 e. The molecule has 2 heteroatoms. The highest BCUT2D eigenvalue weighted by molar-refractivity contribution is 5.21. The van der Waals surface area contributed by atoms with Crippen LogP contribution in [0.3, 0.4) is 0 Å². The molecule has 116 valence electrons. The number of benzene rings is 1. The Morgan fingerprint density at radius 3 is 2.57 bits per heavy atom. The van der Waals surface area contributed by atoms with Gasteiger partial charge in [-0.3, -0.25) is 4.90 Å². The molecule has 1 aliphatic carbocycles. The van der Waals surface area contributed by atoms with E-state index in [-0.39, 0.29) is 0 Å². The first-order valence-corrected chi connectivity index (χ1v) is 8.70. The fourth-order valence-electron chi connectivity index (χ4n) is 3.61. The third-order valence-electron chi connectivity index (χ3n) is 5.49. The van der Waals surface area contributed by atoms with Gasteiger partial charge in [-0.05, 0) is 37.2 Å². The van der Waals surface area contributed by atoms with Crippen molar-refractivity contribution in [2.24, 2.45) is 11.8 Å². The van der Waals surface area contributed by atoms with E-state index in [0.29, 0.717) is 6.04 Å². The molecule has 1 saturated carbocycles. The molecule has 2 nitrogen and oxygen atoms in total. The summed E-state index contributed by atoms with van der Waals surface area (Å²) in [7, 11) is 0. The lowest BCUT2D eigenvalue weighted by atomic mass is 9.93. The maximum atomic E-state index is 3.83. The molecule has 3 atom stereocenters. The van der Waals surface area contributed by atoms with E-state index >= 15 is 0 Å². The van der Waals surface area contributed by atoms with E-state index in [1.807, 2.05) is 0 Å². The zero-order valence-electron chi connectivity index (χ0n) is 13.8. The smallest absolute Gasteiger partial charge is 0.0250 e. The summed E-state index contributed by atoms with van der Waals surface area (Å²) in [6, 6.07) is 10.5. The number of nitrogens with one attached hydrogen (secondary N) is 1. The number of aryl methyl sites for hydroxylation is 1. The Balaban J connectivity index is 1.70. The van der Waals surface area contributed by atoms with Gasteiger partial charge in [0, 0.05) is 31.7 Å². The van der Waals surface area contributed by atoms with Crippen molar-refractivity contribution in [3.8, 4) is 0 Å². The van der Waals surface area contributed by atoms with Crippen molar-refractivity contribution in [2.75, 3.05) is 13.1 Å². The number of nitrogens with zero attached hydrogens (tertiary/aromatic N) is 1. The third kappa shape index (κ3) is 3.67. The Labute approximate surface area is 129 Å². The van der Waals surface area contributed by atoms with Crippen LogP contribution in [0.15, 0.2) is 24.3 Å². The third-order valence-corrected chi connectivity index (χ3v) is 5.49. The van der Waals surface area contributed by atoms with Crippen LogP contribution in [0, 0.1) is 18.8 Å². The molecule has 2 fully saturated rings. The first-order valence-electron chi connectivity index (χ1n) is 8.70. The Kier molecular flexibility index (Phi) is 4.66. The molecule has 1 aromatic carbocycles. The van der Waals surface area contributed by atoms with E-state index < -0.39 is 0 Å². The molecule has 0 bridgehead atoms. The molecule has 1 aromatic rings. The van der Waals surface area contributed by atoms with Gasteiger partial charge in [0.2, 0.25) is 0 Å². The summed E-state index contributed by atoms with van der Waals surface area (Å²) < 4.78 is 0. The molecule has 3 unspecified atom stereocenters. The molecule has 2 aliphatic rings. The number of piperazine rings is 1. The monoisotopic (exact) mass is 286 g/mol. The molecule has 0 aromatic heterocycles. The summed E-state index contributed by atoms with van der Waals surface area (Å²) in [5.41, 5.74) is 2.82. The Morgan fingerprint density at radius 1 is 1.24 bits per heavy atom. The summed E-state index contributed by atoms with van der Waals surface area (Å²) in [5, 5.41) is 3.83. The van der Waals surface area contributed by atoms with Gasteiger partial charge >= 0.3 is 0 Å². The quantitative estimate of drug-likeness (QED) is 0.890. The SMILES string of the molecule is CCC(C)C1CNC(C2CC2)CN1Cc1ccc(C)cc1. The molecule has 1 heterocycles. The van der Waals surface area contributed by atoms with E-state index in [4.69, 9.17) is 0 Å². The standard InChI is InChI=1S/C19H30N2/c1-4-15(3)19-11-20-18(17-9-10-17)13-21(19)12-16-7-5-14(2)6-8-16/h5-8,15,17-20H,4,9-13H2,1-3H3. The summed E-state index contributed by atoms with van der Waals surface area (Å²) in [5.74, 6) is 1.71. The van der Waals surface area contributed by atoms with E-state index in [9.17, 15) is 0 Å². The van der Waals surface area contributed by atoms with Crippen molar-refractivity contribution in [1.82, 2.24) is 10.2 Å². The normalized spacial score (nSPS) is 28.5. The number of hydrogen-bond donors (Lipinski definition) is 1. The lowest BCUT2D eigenvalue weighted by molar-refractivity contribution is 0.0787. The molecular weight excluding hydrogens is 256 g/mol. The van der Waals surface area contributed by atoms with Crippen LogP contribution in [-0.2, 0) is 6.54 Å². The Bertz CT molecular complexity index is 449. The molecule has 3 rings (SSSR count). The lowest BCUT2D eigenvalue weighted by Crippen LogP contribution is -2.58. The van der Waals surface area contributed by atoms with Crippen LogP contribution in [0.1, 0.15) is 44.2 Å². The molecule has 21 heavy (non-hydrogen) atoms. The van der Waals surface area contributed by atoms with E-state index in [2.05, 4.69) is 55.3 Å². The maximum Gasteiger partial charge on any atom is 0.0250 e. The Hall–Kier alpha value is -0.860. The van der Waals surface area contributed by atoms with Gasteiger partial charge < -0.3 is 5.32 Å². The van der Waals surface area contributed by atoms with Crippen LogP contribution in [0.5, 0.6) is 0 Å². The summed E-state index contributed by atoms with van der Waals surface area (Å²) >= 11 is 0. The average molecular weight is 286 g/mol. The second-order valence-electron chi connectivity index (χ2n) is 7.22. The van der Waals surface area contributed by atoms with Crippen molar-refractivity contribution < 1.29 is 0 Å². The summed E-state index contributed by atoms with van der Waals surface area (Å²) in [6.07, 6.45) is 4.14. The summed E-state index contributed by atoms with van der Waals surface area (Å²) in [6.45, 7) is 10.4. The molecule has 1 saturated heterocycles. The van der Waals surface area contributed by atoms with Crippen LogP contribution >= 0.6 is 0 Å². The topological polar surface area (TPSA) is 15.3 Å². The maximum absolute atomic E-state index is 3.83. The second-order valence-corrected chi connectivity index (χ2v) is 7.22. The van der Waals surface area contributed by atoms with E-state index in [1.54, 1.807) is 0 Å². The number of hydrogen-bond acceptors (Lipinski definition) is 2. The predicted molar refractivity (Wildman–Crippen MR) is 89.3 cm³/mol. The van der Waals surface area contributed by atoms with Crippen molar-refractivity contribution in [2.45, 2.75) is 58.7 Å². The average Bonchev–Trinajstić information content (AvgIpc) is 3.33. The Morgan fingerprint density at radius 2 is 1.95 bits per heavy atom. The zero-order chi connectivity index (χ0) is 14.8. The van der Waals surface area contributed by atoms with Crippen molar-refractivity contribution in [3.05, 3.63) is 35.4 Å². The second kappa shape index (κ2) is 6.50. The molecule has 1 N–H and O–H groups in total. The number of rotatable bonds is 5. The first kappa shape index (κ1) is 15.1.